The first-order valence-electron chi connectivity index (χ1n) is 12.6. The summed E-state index contributed by atoms with van der Waals surface area (Å²) in [5.74, 6) is -0.228. The molecule has 1 saturated carbocycles. The normalized spacial score (nSPS) is 18.9. The maximum absolute atomic E-state index is 13.5. The van der Waals surface area contributed by atoms with Crippen molar-refractivity contribution in [3.63, 3.8) is 0 Å². The second kappa shape index (κ2) is 11.2. The number of hydrogen-bond donors (Lipinski definition) is 2. The predicted molar refractivity (Wildman–Crippen MR) is 152 cm³/mol. The lowest BCUT2D eigenvalue weighted by Gasteiger charge is -2.35. The van der Waals surface area contributed by atoms with Gasteiger partial charge in [-0.05, 0) is 56.0 Å². The van der Waals surface area contributed by atoms with Gasteiger partial charge in [-0.15, -0.1) is 11.3 Å². The van der Waals surface area contributed by atoms with E-state index >= 15 is 0 Å². The molecule has 2 N–H and O–H groups in total. The summed E-state index contributed by atoms with van der Waals surface area (Å²) >= 11 is 9.29. The number of fused-ring (bicyclic) bond motifs is 1. The zero-order valence-electron chi connectivity index (χ0n) is 20.8. The Morgan fingerprint density at radius 3 is 3.03 bits per heavy atom. The number of carbonyl (C=O) groups is 1. The fraction of sp³-hybridized carbons (Fsp3) is 0.385. The number of halogens is 1. The van der Waals surface area contributed by atoms with Gasteiger partial charge in [-0.3, -0.25) is 14.7 Å². The largest absolute Gasteiger partial charge is 0.379 e. The van der Waals surface area contributed by atoms with Crippen LogP contribution in [0.3, 0.4) is 0 Å². The Balaban J connectivity index is 1.23. The topological polar surface area (TPSA) is 96.7 Å². The van der Waals surface area contributed by atoms with Gasteiger partial charge in [0.2, 0.25) is 0 Å². The highest BCUT2D eigenvalue weighted by atomic mass is 35.5. The third-order valence-corrected chi connectivity index (χ3v) is 9.11. The van der Waals surface area contributed by atoms with Gasteiger partial charge in [-0.25, -0.2) is 9.50 Å². The van der Waals surface area contributed by atoms with Gasteiger partial charge in [0.05, 0.1) is 41.5 Å². The van der Waals surface area contributed by atoms with Crippen LogP contribution in [0.5, 0.6) is 0 Å². The molecule has 0 bridgehead atoms. The van der Waals surface area contributed by atoms with Gasteiger partial charge in [0.15, 0.2) is 5.01 Å². The first-order chi connectivity index (χ1) is 18.5. The number of pyridine rings is 2. The number of anilines is 1. The lowest BCUT2D eigenvalue weighted by atomic mass is 10.1. The fourth-order valence-corrected chi connectivity index (χ4v) is 6.19. The summed E-state index contributed by atoms with van der Waals surface area (Å²) in [6, 6.07) is 7.58. The molecule has 4 aromatic heterocycles. The molecule has 2 fully saturated rings. The molecule has 2 aliphatic rings. The standard InChI is InChI=1S/C26H28ClN7O2S2/c1-16-15-36-9-8-33(16)14-22(21-11-18(4-6-28-21)32-38-19-2-3-19)31-25(35)26-29-13-24(37-26)20-12-30-34-7-5-17(27)10-23(20)34/h4-7,10-13,16,19,22H,2-3,8-9,14-15H2,1H3,(H,28,32)(H,31,35). The van der Waals surface area contributed by atoms with E-state index < -0.39 is 0 Å². The van der Waals surface area contributed by atoms with Crippen LogP contribution >= 0.6 is 34.9 Å². The molecule has 1 amide bonds. The van der Waals surface area contributed by atoms with Crippen molar-refractivity contribution in [2.75, 3.05) is 31.0 Å². The van der Waals surface area contributed by atoms with Gasteiger partial charge in [-0.1, -0.05) is 11.6 Å². The van der Waals surface area contributed by atoms with Gasteiger partial charge >= 0.3 is 0 Å². The summed E-state index contributed by atoms with van der Waals surface area (Å²) in [5, 5.41) is 9.30. The maximum atomic E-state index is 13.5. The minimum absolute atomic E-state index is 0.228. The van der Waals surface area contributed by atoms with Crippen LogP contribution in [-0.4, -0.2) is 68.0 Å². The third kappa shape index (κ3) is 5.81. The van der Waals surface area contributed by atoms with Crippen LogP contribution < -0.4 is 10.0 Å². The van der Waals surface area contributed by atoms with E-state index in [1.54, 1.807) is 41.1 Å². The Kier molecular flexibility index (Phi) is 7.53. The number of morpholine rings is 1. The predicted octanol–water partition coefficient (Wildman–Crippen LogP) is 4.92. The molecule has 1 aliphatic heterocycles. The molecular weight excluding hydrogens is 542 g/mol. The van der Waals surface area contributed by atoms with Crippen molar-refractivity contribution in [1.82, 2.24) is 29.8 Å². The van der Waals surface area contributed by atoms with Crippen molar-refractivity contribution in [2.45, 2.75) is 37.1 Å². The number of carbonyl (C=O) groups excluding carboxylic acids is 1. The summed E-state index contributed by atoms with van der Waals surface area (Å²) < 4.78 is 10.8. The Bertz CT molecular complexity index is 1440. The van der Waals surface area contributed by atoms with Crippen LogP contribution in [0, 0.1) is 0 Å². The average Bonchev–Trinajstić information content (AvgIpc) is 3.46. The van der Waals surface area contributed by atoms with E-state index in [1.807, 2.05) is 24.4 Å². The number of thiazole rings is 1. The first-order valence-corrected chi connectivity index (χ1v) is 14.7. The molecule has 198 valence electrons. The number of amides is 1. The second-order valence-electron chi connectivity index (χ2n) is 9.60. The summed E-state index contributed by atoms with van der Waals surface area (Å²) in [5.41, 5.74) is 3.55. The number of ether oxygens (including phenoxy) is 1. The summed E-state index contributed by atoms with van der Waals surface area (Å²) in [6.45, 7) is 4.94. The minimum atomic E-state index is -0.307. The van der Waals surface area contributed by atoms with E-state index in [-0.39, 0.29) is 18.0 Å². The van der Waals surface area contributed by atoms with E-state index in [1.165, 1.54) is 24.2 Å². The molecule has 0 radical (unpaired) electrons. The van der Waals surface area contributed by atoms with E-state index in [0.29, 0.717) is 35.0 Å². The lowest BCUT2D eigenvalue weighted by Crippen LogP contribution is -2.48. The molecule has 5 heterocycles. The molecule has 2 atom stereocenters. The number of aromatic nitrogens is 4. The van der Waals surface area contributed by atoms with Crippen LogP contribution in [0.15, 0.2) is 49.1 Å². The highest BCUT2D eigenvalue weighted by molar-refractivity contribution is 8.01. The molecule has 4 aromatic rings. The van der Waals surface area contributed by atoms with Crippen molar-refractivity contribution in [2.24, 2.45) is 0 Å². The Labute approximate surface area is 234 Å². The van der Waals surface area contributed by atoms with Crippen molar-refractivity contribution < 1.29 is 9.53 Å². The second-order valence-corrected chi connectivity index (χ2v) is 12.2. The molecule has 0 aromatic carbocycles. The molecule has 1 saturated heterocycles. The molecule has 12 heteroatoms. The zero-order chi connectivity index (χ0) is 26.1. The quantitative estimate of drug-likeness (QED) is 0.274. The van der Waals surface area contributed by atoms with E-state index in [2.05, 4.69) is 36.9 Å². The summed E-state index contributed by atoms with van der Waals surface area (Å²) in [6.07, 6.45) is 9.60. The maximum Gasteiger partial charge on any atom is 0.280 e. The molecular formula is C26H28ClN7O2S2. The van der Waals surface area contributed by atoms with Crippen molar-refractivity contribution >= 4 is 52.0 Å². The summed E-state index contributed by atoms with van der Waals surface area (Å²) in [7, 11) is 0. The smallest absolute Gasteiger partial charge is 0.280 e. The Morgan fingerprint density at radius 1 is 1.29 bits per heavy atom. The highest BCUT2D eigenvalue weighted by Crippen LogP contribution is 2.35. The zero-order valence-corrected chi connectivity index (χ0v) is 23.2. The monoisotopic (exact) mass is 569 g/mol. The molecule has 0 spiro atoms. The van der Waals surface area contributed by atoms with Gasteiger partial charge in [0, 0.05) is 59.2 Å². The van der Waals surface area contributed by atoms with E-state index in [0.717, 1.165) is 33.9 Å². The van der Waals surface area contributed by atoms with Gasteiger partial charge in [0.1, 0.15) is 0 Å². The van der Waals surface area contributed by atoms with Crippen LogP contribution in [-0.2, 0) is 4.74 Å². The molecule has 1 aliphatic carbocycles. The Hall–Kier alpha value is -2.70. The van der Waals surface area contributed by atoms with Crippen molar-refractivity contribution in [1.29, 1.82) is 0 Å². The van der Waals surface area contributed by atoms with Gasteiger partial charge in [-0.2, -0.15) is 5.10 Å². The fourth-order valence-electron chi connectivity index (χ4n) is 4.39. The van der Waals surface area contributed by atoms with Gasteiger partial charge < -0.3 is 14.8 Å². The SMILES string of the molecule is CC1COCCN1CC(NC(=O)c1ncc(-c2cnn3ccc(Cl)cc23)s1)c1cc(NSC2CC2)ccn1. The van der Waals surface area contributed by atoms with Crippen LogP contribution in [0.1, 0.15) is 41.3 Å². The van der Waals surface area contributed by atoms with E-state index in [9.17, 15) is 4.79 Å². The number of rotatable bonds is 9. The van der Waals surface area contributed by atoms with Crippen molar-refractivity contribution in [3.05, 3.63) is 64.8 Å². The van der Waals surface area contributed by atoms with Gasteiger partial charge in [0.25, 0.3) is 5.91 Å². The minimum Gasteiger partial charge on any atom is -0.379 e. The van der Waals surface area contributed by atoms with Crippen LogP contribution in [0.4, 0.5) is 5.69 Å². The highest BCUT2D eigenvalue weighted by Gasteiger charge is 2.27. The van der Waals surface area contributed by atoms with Crippen LogP contribution in [0.2, 0.25) is 5.02 Å². The average molecular weight is 570 g/mol. The molecule has 38 heavy (non-hydrogen) atoms. The first kappa shape index (κ1) is 25.6. The molecule has 9 nitrogen and oxygen atoms in total. The van der Waals surface area contributed by atoms with Crippen LogP contribution in [0.25, 0.3) is 16.0 Å². The van der Waals surface area contributed by atoms with E-state index in [4.69, 9.17) is 16.3 Å². The third-order valence-electron chi connectivity index (χ3n) is 6.68. The lowest BCUT2D eigenvalue weighted by molar-refractivity contribution is -0.00449. The number of nitrogens with zero attached hydrogens (tertiary/aromatic N) is 5. The number of nitrogens with one attached hydrogen (secondary N) is 2. The Morgan fingerprint density at radius 2 is 2.18 bits per heavy atom. The van der Waals surface area contributed by atoms with Crippen molar-refractivity contribution in [3.8, 4) is 10.4 Å². The molecule has 6 rings (SSSR count). The molecule has 2 unspecified atom stereocenters. The number of hydrogen-bond acceptors (Lipinski definition) is 9. The summed E-state index contributed by atoms with van der Waals surface area (Å²) in [4.78, 5) is 25.8.